The monoisotopic (exact) mass is 243 g/mol. The molecule has 0 spiro atoms. The molecule has 5 heteroatoms. The number of halogens is 3. The number of nitrogens with zero attached hydrogens (tertiary/aromatic N) is 1. The molecular formula is C12H12F3NO. The largest absolute Gasteiger partial charge is 0.437 e. The molecule has 92 valence electrons. The zero-order chi connectivity index (χ0) is 12.8. The van der Waals surface area contributed by atoms with Crippen LogP contribution in [0.25, 0.3) is 11.0 Å². The van der Waals surface area contributed by atoms with E-state index in [4.69, 9.17) is 4.52 Å². The lowest BCUT2D eigenvalue weighted by Crippen LogP contribution is -2.14. The zero-order valence-corrected chi connectivity index (χ0v) is 9.72. The summed E-state index contributed by atoms with van der Waals surface area (Å²) in [4.78, 5) is 0. The van der Waals surface area contributed by atoms with Gasteiger partial charge < -0.3 is 4.52 Å². The molecule has 0 radical (unpaired) electrons. The van der Waals surface area contributed by atoms with E-state index in [1.165, 1.54) is 6.07 Å². The highest BCUT2D eigenvalue weighted by atomic mass is 19.4. The van der Waals surface area contributed by atoms with Crippen molar-refractivity contribution in [2.24, 2.45) is 0 Å². The van der Waals surface area contributed by atoms with Crippen LogP contribution in [0.3, 0.4) is 0 Å². The summed E-state index contributed by atoms with van der Waals surface area (Å²) in [6, 6.07) is 4.84. The Morgan fingerprint density at radius 2 is 1.76 bits per heavy atom. The van der Waals surface area contributed by atoms with Gasteiger partial charge in [0, 0.05) is 0 Å². The normalized spacial score (nSPS) is 13.3. The third kappa shape index (κ3) is 2.01. The molecule has 0 aliphatic carbocycles. The Labute approximate surface area is 96.4 Å². The van der Waals surface area contributed by atoms with E-state index in [1.807, 2.05) is 20.8 Å². The summed E-state index contributed by atoms with van der Waals surface area (Å²) in [5, 5.41) is 3.20. The van der Waals surface area contributed by atoms with Gasteiger partial charge >= 0.3 is 6.18 Å². The summed E-state index contributed by atoms with van der Waals surface area (Å²) in [7, 11) is 0. The van der Waals surface area contributed by atoms with Crippen LogP contribution in [0.2, 0.25) is 0 Å². The van der Waals surface area contributed by atoms with Crippen LogP contribution in [0, 0.1) is 0 Å². The SMILES string of the molecule is CC(C)(C)c1cccc2onc(C(F)(F)F)c12. The second-order valence-corrected chi connectivity index (χ2v) is 4.96. The van der Waals surface area contributed by atoms with Crippen LogP contribution in [-0.2, 0) is 11.6 Å². The number of rotatable bonds is 0. The van der Waals surface area contributed by atoms with E-state index < -0.39 is 17.3 Å². The topological polar surface area (TPSA) is 26.0 Å². The minimum atomic E-state index is -4.49. The molecule has 1 heterocycles. The van der Waals surface area contributed by atoms with Crippen LogP contribution in [0.1, 0.15) is 32.0 Å². The average molecular weight is 243 g/mol. The molecule has 0 saturated carbocycles. The first kappa shape index (κ1) is 12.0. The maximum Gasteiger partial charge on any atom is 0.437 e. The van der Waals surface area contributed by atoms with Crippen molar-refractivity contribution in [3.05, 3.63) is 29.5 Å². The first-order valence-corrected chi connectivity index (χ1v) is 5.17. The van der Waals surface area contributed by atoms with Crippen LogP contribution in [0.4, 0.5) is 13.2 Å². The van der Waals surface area contributed by atoms with Crippen molar-refractivity contribution in [2.75, 3.05) is 0 Å². The zero-order valence-electron chi connectivity index (χ0n) is 9.72. The van der Waals surface area contributed by atoms with Gasteiger partial charge in [-0.25, -0.2) is 0 Å². The van der Waals surface area contributed by atoms with E-state index in [9.17, 15) is 13.2 Å². The molecule has 1 aromatic carbocycles. The molecule has 1 aromatic heterocycles. The van der Waals surface area contributed by atoms with Gasteiger partial charge in [0.05, 0.1) is 5.39 Å². The molecule has 2 rings (SSSR count). The highest BCUT2D eigenvalue weighted by Gasteiger charge is 2.38. The van der Waals surface area contributed by atoms with Crippen molar-refractivity contribution in [1.29, 1.82) is 0 Å². The third-order valence-electron chi connectivity index (χ3n) is 2.57. The number of fused-ring (bicyclic) bond motifs is 1. The van der Waals surface area contributed by atoms with Gasteiger partial charge in [-0.1, -0.05) is 38.1 Å². The predicted molar refractivity (Wildman–Crippen MR) is 57.7 cm³/mol. The summed E-state index contributed by atoms with van der Waals surface area (Å²) in [6.07, 6.45) is -4.49. The molecule has 0 bridgehead atoms. The minimum Gasteiger partial charge on any atom is -0.356 e. The van der Waals surface area contributed by atoms with Crippen LogP contribution < -0.4 is 0 Å². The van der Waals surface area contributed by atoms with Crippen molar-refractivity contribution in [3.8, 4) is 0 Å². The van der Waals surface area contributed by atoms with E-state index in [1.54, 1.807) is 12.1 Å². The van der Waals surface area contributed by atoms with Crippen LogP contribution in [0.15, 0.2) is 22.7 Å². The minimum absolute atomic E-state index is 0.0625. The molecule has 17 heavy (non-hydrogen) atoms. The maximum atomic E-state index is 12.8. The Kier molecular flexibility index (Phi) is 2.45. The lowest BCUT2D eigenvalue weighted by Gasteiger charge is -2.20. The molecule has 0 aliphatic heterocycles. The molecule has 2 nitrogen and oxygen atoms in total. The molecule has 2 aromatic rings. The second kappa shape index (κ2) is 3.48. The van der Waals surface area contributed by atoms with Crippen molar-refractivity contribution in [2.45, 2.75) is 32.4 Å². The van der Waals surface area contributed by atoms with Crippen molar-refractivity contribution < 1.29 is 17.7 Å². The van der Waals surface area contributed by atoms with Crippen LogP contribution in [0.5, 0.6) is 0 Å². The molecule has 0 saturated heterocycles. The third-order valence-corrected chi connectivity index (χ3v) is 2.57. The Morgan fingerprint density at radius 1 is 1.12 bits per heavy atom. The molecule has 0 aliphatic rings. The number of hydrogen-bond donors (Lipinski definition) is 0. The predicted octanol–water partition coefficient (Wildman–Crippen LogP) is 4.14. The molecule has 0 unspecified atom stereocenters. The number of benzene rings is 1. The summed E-state index contributed by atoms with van der Waals surface area (Å²) in [5.74, 6) is 0. The van der Waals surface area contributed by atoms with Crippen molar-refractivity contribution in [3.63, 3.8) is 0 Å². The lowest BCUT2D eigenvalue weighted by atomic mass is 9.84. The molecular weight excluding hydrogens is 231 g/mol. The molecule has 0 fully saturated rings. The summed E-state index contributed by atoms with van der Waals surface area (Å²) < 4.78 is 43.1. The van der Waals surface area contributed by atoms with Gasteiger partial charge in [0.2, 0.25) is 0 Å². The van der Waals surface area contributed by atoms with E-state index in [2.05, 4.69) is 5.16 Å². The smallest absolute Gasteiger partial charge is 0.356 e. The van der Waals surface area contributed by atoms with Gasteiger partial charge in [-0.3, -0.25) is 0 Å². The van der Waals surface area contributed by atoms with Gasteiger partial charge in [0.1, 0.15) is 0 Å². The maximum absolute atomic E-state index is 12.8. The lowest BCUT2D eigenvalue weighted by molar-refractivity contribution is -0.141. The second-order valence-electron chi connectivity index (χ2n) is 4.96. The van der Waals surface area contributed by atoms with Gasteiger partial charge in [0.15, 0.2) is 11.3 Å². The first-order valence-electron chi connectivity index (χ1n) is 5.17. The van der Waals surface area contributed by atoms with E-state index in [0.717, 1.165) is 0 Å². The highest BCUT2D eigenvalue weighted by Crippen LogP contribution is 2.39. The Balaban J connectivity index is 2.82. The van der Waals surface area contributed by atoms with Gasteiger partial charge in [-0.2, -0.15) is 13.2 Å². The van der Waals surface area contributed by atoms with Crippen LogP contribution >= 0.6 is 0 Å². The van der Waals surface area contributed by atoms with E-state index in [0.29, 0.717) is 5.56 Å². The van der Waals surface area contributed by atoms with Gasteiger partial charge in [0.25, 0.3) is 0 Å². The van der Waals surface area contributed by atoms with E-state index in [-0.39, 0.29) is 11.0 Å². The van der Waals surface area contributed by atoms with Crippen molar-refractivity contribution >= 4 is 11.0 Å². The average Bonchev–Trinajstić information content (AvgIpc) is 2.57. The molecule has 0 atom stereocenters. The standard InChI is InChI=1S/C12H12F3NO/c1-11(2,3)7-5-4-6-8-9(7)10(16-17-8)12(13,14)15/h4-6H,1-3H3. The number of hydrogen-bond acceptors (Lipinski definition) is 2. The molecule has 0 N–H and O–H groups in total. The fourth-order valence-corrected chi connectivity index (χ4v) is 1.81. The first-order chi connectivity index (χ1) is 7.71. The van der Waals surface area contributed by atoms with Crippen LogP contribution in [-0.4, -0.2) is 5.16 Å². The summed E-state index contributed by atoms with van der Waals surface area (Å²) in [5.41, 5.74) is -0.586. The quantitative estimate of drug-likeness (QED) is 0.694. The number of alkyl halides is 3. The Morgan fingerprint density at radius 3 is 2.29 bits per heavy atom. The van der Waals surface area contributed by atoms with Gasteiger partial charge in [-0.05, 0) is 17.0 Å². The summed E-state index contributed by atoms with van der Waals surface area (Å²) in [6.45, 7) is 5.57. The van der Waals surface area contributed by atoms with E-state index >= 15 is 0 Å². The van der Waals surface area contributed by atoms with Crippen molar-refractivity contribution in [1.82, 2.24) is 5.16 Å². The Bertz CT molecular complexity index is 549. The fourth-order valence-electron chi connectivity index (χ4n) is 1.81. The van der Waals surface area contributed by atoms with Gasteiger partial charge in [-0.15, -0.1) is 0 Å². The molecule has 0 amide bonds. The highest BCUT2D eigenvalue weighted by molar-refractivity contribution is 5.84. The fraction of sp³-hybridized carbons (Fsp3) is 0.417. The number of aromatic nitrogens is 1. The Hall–Kier alpha value is -1.52. The summed E-state index contributed by atoms with van der Waals surface area (Å²) >= 11 is 0.